The molecular weight excluding hydrogens is 264 g/mol. The first kappa shape index (κ1) is 15.6. The zero-order valence-electron chi connectivity index (χ0n) is 11.3. The maximum absolute atomic E-state index is 11.7. The van der Waals surface area contributed by atoms with Crippen molar-refractivity contribution in [3.05, 3.63) is 16.6 Å². The molecule has 0 saturated carbocycles. The van der Waals surface area contributed by atoms with E-state index in [2.05, 4.69) is 10.3 Å². The van der Waals surface area contributed by atoms with Crippen molar-refractivity contribution in [2.75, 3.05) is 6.54 Å². The van der Waals surface area contributed by atoms with Crippen LogP contribution in [0.1, 0.15) is 38.1 Å². The first-order valence-electron chi connectivity index (χ1n) is 6.42. The molecular formula is C13H20N2O3S. The monoisotopic (exact) mass is 284 g/mol. The summed E-state index contributed by atoms with van der Waals surface area (Å²) in [5.41, 5.74) is -0.850. The third-order valence-corrected chi connectivity index (χ3v) is 4.32. The molecule has 19 heavy (non-hydrogen) atoms. The quantitative estimate of drug-likeness (QED) is 0.766. The first-order valence-corrected chi connectivity index (χ1v) is 7.30. The lowest BCUT2D eigenvalue weighted by atomic mass is 9.82. The van der Waals surface area contributed by atoms with Gasteiger partial charge in [-0.3, -0.25) is 9.59 Å². The highest BCUT2D eigenvalue weighted by Gasteiger charge is 2.34. The van der Waals surface area contributed by atoms with E-state index in [4.69, 9.17) is 0 Å². The van der Waals surface area contributed by atoms with E-state index in [9.17, 15) is 14.7 Å². The Hall–Kier alpha value is -1.43. The third kappa shape index (κ3) is 4.31. The van der Waals surface area contributed by atoms with E-state index >= 15 is 0 Å². The minimum Gasteiger partial charge on any atom is -0.481 e. The molecule has 0 aliphatic heterocycles. The van der Waals surface area contributed by atoms with Gasteiger partial charge in [0.25, 0.3) is 0 Å². The number of aryl methyl sites for hydroxylation is 1. The Morgan fingerprint density at radius 1 is 1.42 bits per heavy atom. The maximum Gasteiger partial charge on any atom is 0.311 e. The van der Waals surface area contributed by atoms with Crippen molar-refractivity contribution in [1.82, 2.24) is 10.3 Å². The molecule has 0 saturated heterocycles. The van der Waals surface area contributed by atoms with Gasteiger partial charge in [0.2, 0.25) is 5.91 Å². The zero-order chi connectivity index (χ0) is 14.3. The fourth-order valence-corrected chi connectivity index (χ4v) is 2.45. The molecule has 0 atom stereocenters. The molecule has 6 heteroatoms. The van der Waals surface area contributed by atoms with Crippen molar-refractivity contribution in [3.63, 3.8) is 0 Å². The molecule has 5 nitrogen and oxygen atoms in total. The number of aliphatic carboxylic acids is 1. The summed E-state index contributed by atoms with van der Waals surface area (Å²) >= 11 is 1.52. The van der Waals surface area contributed by atoms with E-state index in [0.717, 1.165) is 5.01 Å². The Bertz CT molecular complexity index is 414. The van der Waals surface area contributed by atoms with Crippen LogP contribution in [0.4, 0.5) is 0 Å². The number of carboxylic acids is 1. The van der Waals surface area contributed by atoms with Crippen LogP contribution in [0.5, 0.6) is 0 Å². The number of carbonyl (C=O) groups excluding carboxylic acids is 1. The Morgan fingerprint density at radius 2 is 2.11 bits per heavy atom. The lowest BCUT2D eigenvalue weighted by Crippen LogP contribution is -2.42. The highest BCUT2D eigenvalue weighted by molar-refractivity contribution is 7.09. The Labute approximate surface area is 117 Å². The van der Waals surface area contributed by atoms with Crippen LogP contribution in [0.3, 0.4) is 0 Å². The van der Waals surface area contributed by atoms with Crippen molar-refractivity contribution in [1.29, 1.82) is 0 Å². The minimum atomic E-state index is -0.850. The van der Waals surface area contributed by atoms with Gasteiger partial charge in [0.1, 0.15) is 0 Å². The lowest BCUT2D eigenvalue weighted by Gasteiger charge is -2.26. The van der Waals surface area contributed by atoms with Crippen molar-refractivity contribution in [3.8, 4) is 0 Å². The zero-order valence-corrected chi connectivity index (χ0v) is 12.1. The molecule has 0 aliphatic carbocycles. The predicted molar refractivity (Wildman–Crippen MR) is 74.1 cm³/mol. The number of carbonyl (C=O) groups is 2. The molecule has 0 spiro atoms. The number of nitrogens with one attached hydrogen (secondary N) is 1. The van der Waals surface area contributed by atoms with Gasteiger partial charge in [0.15, 0.2) is 0 Å². The molecule has 1 heterocycles. The number of amides is 1. The summed E-state index contributed by atoms with van der Waals surface area (Å²) in [7, 11) is 0. The predicted octanol–water partition coefficient (Wildman–Crippen LogP) is 2.08. The fourth-order valence-electron chi connectivity index (χ4n) is 1.83. The summed E-state index contributed by atoms with van der Waals surface area (Å²) in [6.45, 7) is 3.85. The van der Waals surface area contributed by atoms with Gasteiger partial charge in [-0.2, -0.15) is 0 Å². The molecule has 0 aromatic carbocycles. The second kappa shape index (κ2) is 7.23. The largest absolute Gasteiger partial charge is 0.481 e. The van der Waals surface area contributed by atoms with Crippen LogP contribution in [0, 0.1) is 5.41 Å². The number of thiazole rings is 1. The summed E-state index contributed by atoms with van der Waals surface area (Å²) < 4.78 is 0. The molecule has 106 valence electrons. The van der Waals surface area contributed by atoms with Crippen LogP contribution < -0.4 is 5.32 Å². The van der Waals surface area contributed by atoms with Gasteiger partial charge in [-0.1, -0.05) is 13.8 Å². The van der Waals surface area contributed by atoms with Crippen LogP contribution in [-0.2, 0) is 16.0 Å². The highest BCUT2D eigenvalue weighted by atomic mass is 32.1. The average molecular weight is 284 g/mol. The number of hydrogen-bond acceptors (Lipinski definition) is 4. The molecule has 1 amide bonds. The van der Waals surface area contributed by atoms with Crippen LogP contribution in [-0.4, -0.2) is 28.5 Å². The molecule has 1 aromatic rings. The Balaban J connectivity index is 2.42. The van der Waals surface area contributed by atoms with Crippen molar-refractivity contribution < 1.29 is 14.7 Å². The molecule has 0 aliphatic rings. The average Bonchev–Trinajstić information content (AvgIpc) is 2.91. The van der Waals surface area contributed by atoms with Crippen molar-refractivity contribution in [2.24, 2.45) is 5.41 Å². The lowest BCUT2D eigenvalue weighted by molar-refractivity contribution is -0.149. The topological polar surface area (TPSA) is 79.3 Å². The van der Waals surface area contributed by atoms with Crippen molar-refractivity contribution in [2.45, 2.75) is 39.5 Å². The number of rotatable bonds is 8. The first-order chi connectivity index (χ1) is 9.04. The van der Waals surface area contributed by atoms with Gasteiger partial charge < -0.3 is 10.4 Å². The molecule has 2 N–H and O–H groups in total. The standard InChI is InChI=1S/C13H20N2O3S/c1-3-13(4-2,12(17)18)9-15-10(16)5-6-11-14-7-8-19-11/h7-8H,3-6,9H2,1-2H3,(H,15,16)(H,17,18). The van der Waals surface area contributed by atoms with E-state index in [0.29, 0.717) is 25.7 Å². The summed E-state index contributed by atoms with van der Waals surface area (Å²) in [5.74, 6) is -0.972. The maximum atomic E-state index is 11.7. The molecule has 0 radical (unpaired) electrons. The SMILES string of the molecule is CCC(CC)(CNC(=O)CCc1nccs1)C(=O)O. The summed E-state index contributed by atoms with van der Waals surface area (Å²) in [6.07, 6.45) is 3.66. The molecule has 0 fully saturated rings. The van der Waals surface area contributed by atoms with Gasteiger partial charge in [-0.15, -0.1) is 11.3 Å². The number of carboxylic acid groups (broad SMARTS) is 1. The molecule has 0 bridgehead atoms. The van der Waals surface area contributed by atoms with Gasteiger partial charge in [0, 0.05) is 31.0 Å². The number of aromatic nitrogens is 1. The van der Waals surface area contributed by atoms with E-state index in [-0.39, 0.29) is 12.5 Å². The normalized spacial score (nSPS) is 11.3. The van der Waals surface area contributed by atoms with Crippen LogP contribution in [0.25, 0.3) is 0 Å². The molecule has 0 unspecified atom stereocenters. The van der Waals surface area contributed by atoms with Gasteiger partial charge >= 0.3 is 5.97 Å². The van der Waals surface area contributed by atoms with E-state index in [1.165, 1.54) is 11.3 Å². The van der Waals surface area contributed by atoms with E-state index in [1.54, 1.807) is 6.20 Å². The van der Waals surface area contributed by atoms with Gasteiger partial charge in [-0.05, 0) is 12.8 Å². The second-order valence-corrected chi connectivity index (χ2v) is 5.47. The Morgan fingerprint density at radius 3 is 2.58 bits per heavy atom. The smallest absolute Gasteiger partial charge is 0.311 e. The van der Waals surface area contributed by atoms with E-state index in [1.807, 2.05) is 19.2 Å². The number of hydrogen-bond donors (Lipinski definition) is 2. The van der Waals surface area contributed by atoms with Crippen LogP contribution in [0.2, 0.25) is 0 Å². The fraction of sp³-hybridized carbons (Fsp3) is 0.615. The third-order valence-electron chi connectivity index (χ3n) is 3.48. The summed E-state index contributed by atoms with van der Waals surface area (Å²) in [6, 6.07) is 0. The molecule has 1 rings (SSSR count). The van der Waals surface area contributed by atoms with E-state index < -0.39 is 11.4 Å². The van der Waals surface area contributed by atoms with Crippen molar-refractivity contribution >= 4 is 23.2 Å². The van der Waals surface area contributed by atoms with Crippen LogP contribution in [0.15, 0.2) is 11.6 Å². The second-order valence-electron chi connectivity index (χ2n) is 4.50. The summed E-state index contributed by atoms with van der Waals surface area (Å²) in [5, 5.41) is 14.8. The Kier molecular flexibility index (Phi) is 5.95. The van der Waals surface area contributed by atoms with Gasteiger partial charge in [-0.25, -0.2) is 4.98 Å². The number of nitrogens with zero attached hydrogens (tertiary/aromatic N) is 1. The minimum absolute atomic E-state index is 0.122. The van der Waals surface area contributed by atoms with Gasteiger partial charge in [0.05, 0.1) is 10.4 Å². The highest BCUT2D eigenvalue weighted by Crippen LogP contribution is 2.25. The summed E-state index contributed by atoms with van der Waals surface area (Å²) in [4.78, 5) is 27.1. The molecule has 1 aromatic heterocycles. The van der Waals surface area contributed by atoms with Crippen LogP contribution >= 0.6 is 11.3 Å².